The zero-order valence-electron chi connectivity index (χ0n) is 16.8. The number of hydrogen-bond donors (Lipinski definition) is 1. The lowest BCUT2D eigenvalue weighted by Gasteiger charge is -2.26. The van der Waals surface area contributed by atoms with Crippen LogP contribution in [-0.4, -0.2) is 13.3 Å². The van der Waals surface area contributed by atoms with Crippen molar-refractivity contribution < 1.29 is 0 Å². The third-order valence-electron chi connectivity index (χ3n) is 5.01. The summed E-state index contributed by atoms with van der Waals surface area (Å²) >= 11 is 0. The highest BCUT2D eigenvalue weighted by Crippen LogP contribution is 2.42. The van der Waals surface area contributed by atoms with Crippen molar-refractivity contribution in [3.63, 3.8) is 0 Å². The fourth-order valence-corrected chi connectivity index (χ4v) is 3.51. The summed E-state index contributed by atoms with van der Waals surface area (Å²) in [7, 11) is 1.90. The summed E-state index contributed by atoms with van der Waals surface area (Å²) in [6.45, 7) is 20.9. The van der Waals surface area contributed by atoms with E-state index in [2.05, 4.69) is 62.1 Å². The number of rotatable bonds is 6. The fourth-order valence-electron chi connectivity index (χ4n) is 3.51. The summed E-state index contributed by atoms with van der Waals surface area (Å²) < 4.78 is 0. The molecule has 0 saturated carbocycles. The zero-order chi connectivity index (χ0) is 19.4. The summed E-state index contributed by atoms with van der Waals surface area (Å²) in [6, 6.07) is 6.58. The van der Waals surface area contributed by atoms with Gasteiger partial charge in [-0.2, -0.15) is 0 Å². The van der Waals surface area contributed by atoms with Crippen LogP contribution in [0.3, 0.4) is 0 Å². The van der Waals surface area contributed by atoms with E-state index in [1.807, 2.05) is 27.1 Å². The van der Waals surface area contributed by atoms with Crippen LogP contribution in [0.25, 0.3) is 11.3 Å². The Morgan fingerprint density at radius 1 is 1.31 bits per heavy atom. The molecule has 0 bridgehead atoms. The van der Waals surface area contributed by atoms with Gasteiger partial charge in [-0.05, 0) is 72.2 Å². The average Bonchev–Trinajstić information content (AvgIpc) is 2.63. The number of aliphatic imine (C=N–C) groups is 1. The Morgan fingerprint density at radius 3 is 2.54 bits per heavy atom. The molecular formula is C24H30N2. The standard InChI is InChI=1S/C24H30N2/c1-9-19-13-20(18(7)25-8)11-12-21(19)22-14-23(26-10-2)24(15(3)4)17(6)16(22)5/h10-13,25H,3,6-7,9,14H2,1-2,4-5,8H3/b26-10-. The van der Waals surface area contributed by atoms with E-state index in [-0.39, 0.29) is 0 Å². The maximum Gasteiger partial charge on any atom is 0.0524 e. The second-order valence-electron chi connectivity index (χ2n) is 6.70. The highest BCUT2D eigenvalue weighted by Gasteiger charge is 2.24. The molecule has 0 amide bonds. The van der Waals surface area contributed by atoms with Crippen molar-refractivity contribution in [3.8, 4) is 0 Å². The van der Waals surface area contributed by atoms with E-state index in [1.165, 1.54) is 22.3 Å². The van der Waals surface area contributed by atoms with E-state index < -0.39 is 0 Å². The van der Waals surface area contributed by atoms with Crippen LogP contribution in [0.4, 0.5) is 0 Å². The predicted molar refractivity (Wildman–Crippen MR) is 116 cm³/mol. The SMILES string of the molecule is C=C(C)C1=C(/N=C\C)CC(c2ccc(C(=C)NC)cc2CC)=C(C)C1=C. The molecule has 0 radical (unpaired) electrons. The number of hydrogen-bond acceptors (Lipinski definition) is 2. The molecule has 2 nitrogen and oxygen atoms in total. The Hall–Kier alpha value is -2.61. The molecule has 0 atom stereocenters. The highest BCUT2D eigenvalue weighted by atomic mass is 14.8. The van der Waals surface area contributed by atoms with Crippen molar-refractivity contribution in [2.75, 3.05) is 7.05 Å². The van der Waals surface area contributed by atoms with E-state index in [4.69, 9.17) is 0 Å². The lowest BCUT2D eigenvalue weighted by molar-refractivity contribution is 1.05. The monoisotopic (exact) mass is 346 g/mol. The molecule has 1 aromatic carbocycles. The van der Waals surface area contributed by atoms with Crippen LogP contribution in [0, 0.1) is 0 Å². The van der Waals surface area contributed by atoms with Gasteiger partial charge in [0.1, 0.15) is 0 Å². The second-order valence-corrected chi connectivity index (χ2v) is 6.70. The van der Waals surface area contributed by atoms with E-state index in [1.54, 1.807) is 0 Å². The van der Waals surface area contributed by atoms with Gasteiger partial charge in [0.15, 0.2) is 0 Å². The number of aryl methyl sites for hydroxylation is 1. The van der Waals surface area contributed by atoms with Crippen LogP contribution in [0.2, 0.25) is 0 Å². The lowest BCUT2D eigenvalue weighted by Crippen LogP contribution is -2.09. The van der Waals surface area contributed by atoms with Gasteiger partial charge >= 0.3 is 0 Å². The Morgan fingerprint density at radius 2 is 2.00 bits per heavy atom. The van der Waals surface area contributed by atoms with Crippen molar-refractivity contribution in [1.82, 2.24) is 5.32 Å². The minimum atomic E-state index is 0.802. The Kier molecular flexibility index (Phi) is 6.20. The molecule has 2 heteroatoms. The topological polar surface area (TPSA) is 24.4 Å². The van der Waals surface area contributed by atoms with Gasteiger partial charge in [0.05, 0.1) is 5.70 Å². The molecule has 0 aromatic heterocycles. The molecule has 26 heavy (non-hydrogen) atoms. The molecule has 1 aliphatic rings. The molecule has 2 rings (SSSR count). The van der Waals surface area contributed by atoms with Crippen molar-refractivity contribution in [2.24, 2.45) is 4.99 Å². The molecule has 1 N–H and O–H groups in total. The quantitative estimate of drug-likeness (QED) is 0.619. The van der Waals surface area contributed by atoms with Gasteiger partial charge < -0.3 is 5.32 Å². The Labute approximate surface area is 158 Å². The summed E-state index contributed by atoms with van der Waals surface area (Å²) in [6.07, 6.45) is 3.62. The van der Waals surface area contributed by atoms with E-state index in [0.29, 0.717) is 0 Å². The number of benzene rings is 1. The van der Waals surface area contributed by atoms with Crippen LogP contribution in [0.15, 0.2) is 70.9 Å². The summed E-state index contributed by atoms with van der Waals surface area (Å²) in [5.41, 5.74) is 11.4. The molecule has 0 heterocycles. The predicted octanol–water partition coefficient (Wildman–Crippen LogP) is 6.09. The number of allylic oxidation sites excluding steroid dienone is 5. The van der Waals surface area contributed by atoms with Crippen molar-refractivity contribution in [1.29, 1.82) is 0 Å². The van der Waals surface area contributed by atoms with Crippen LogP contribution in [0.1, 0.15) is 50.8 Å². The lowest BCUT2D eigenvalue weighted by atomic mass is 9.80. The van der Waals surface area contributed by atoms with Crippen molar-refractivity contribution in [2.45, 2.75) is 40.5 Å². The average molecular weight is 347 g/mol. The van der Waals surface area contributed by atoms with Gasteiger partial charge in [-0.3, -0.25) is 4.99 Å². The minimum Gasteiger partial charge on any atom is -0.388 e. The smallest absolute Gasteiger partial charge is 0.0524 e. The second kappa shape index (κ2) is 8.18. The molecule has 1 aliphatic carbocycles. The third-order valence-corrected chi connectivity index (χ3v) is 5.01. The van der Waals surface area contributed by atoms with Gasteiger partial charge in [0.2, 0.25) is 0 Å². The van der Waals surface area contributed by atoms with Crippen LogP contribution < -0.4 is 5.32 Å². The first-order valence-electron chi connectivity index (χ1n) is 9.13. The normalized spacial score (nSPS) is 15.0. The van der Waals surface area contributed by atoms with E-state index in [0.717, 1.165) is 46.5 Å². The first-order chi connectivity index (χ1) is 12.3. The maximum absolute atomic E-state index is 4.64. The van der Waals surface area contributed by atoms with E-state index in [9.17, 15) is 0 Å². The number of nitrogens with one attached hydrogen (secondary N) is 1. The molecule has 136 valence electrons. The molecule has 0 fully saturated rings. The fraction of sp³-hybridized carbons (Fsp3) is 0.292. The largest absolute Gasteiger partial charge is 0.388 e. The van der Waals surface area contributed by atoms with Gasteiger partial charge in [-0.1, -0.05) is 38.8 Å². The number of nitrogens with zero attached hydrogens (tertiary/aromatic N) is 1. The highest BCUT2D eigenvalue weighted by molar-refractivity contribution is 5.82. The molecule has 0 spiro atoms. The summed E-state index contributed by atoms with van der Waals surface area (Å²) in [5, 5.41) is 3.13. The third kappa shape index (κ3) is 3.65. The van der Waals surface area contributed by atoms with Crippen molar-refractivity contribution >= 4 is 17.5 Å². The minimum absolute atomic E-state index is 0.802. The molecule has 0 saturated heterocycles. The molecule has 0 aliphatic heterocycles. The first-order valence-corrected chi connectivity index (χ1v) is 9.13. The summed E-state index contributed by atoms with van der Waals surface area (Å²) in [5.74, 6) is 0. The van der Waals surface area contributed by atoms with Gasteiger partial charge in [0.25, 0.3) is 0 Å². The van der Waals surface area contributed by atoms with Crippen LogP contribution >= 0.6 is 0 Å². The Balaban J connectivity index is 2.60. The van der Waals surface area contributed by atoms with Crippen LogP contribution in [0.5, 0.6) is 0 Å². The molecule has 0 unspecified atom stereocenters. The summed E-state index contributed by atoms with van der Waals surface area (Å²) in [4.78, 5) is 4.64. The van der Waals surface area contributed by atoms with Gasteiger partial charge in [-0.15, -0.1) is 0 Å². The van der Waals surface area contributed by atoms with Gasteiger partial charge in [0, 0.05) is 31.0 Å². The molecule has 1 aromatic rings. The Bertz CT molecular complexity index is 860. The maximum atomic E-state index is 4.64. The first kappa shape index (κ1) is 19.7. The van der Waals surface area contributed by atoms with Gasteiger partial charge in [-0.25, -0.2) is 0 Å². The van der Waals surface area contributed by atoms with E-state index >= 15 is 0 Å². The van der Waals surface area contributed by atoms with Crippen LogP contribution in [-0.2, 0) is 6.42 Å². The zero-order valence-corrected chi connectivity index (χ0v) is 16.8. The van der Waals surface area contributed by atoms with Crippen molar-refractivity contribution in [3.05, 3.63) is 82.6 Å². The molecular weight excluding hydrogens is 316 g/mol.